The Hall–Kier alpha value is -3.22. The SMILES string of the molecule is COc1cccc(-c2nc(-c3c(Cl)cc(OC[C@@H]4COC(C)(C)O4)cc3Cl)n(O)c2-c2ccnc(SC)n2)c1OC. The summed E-state index contributed by atoms with van der Waals surface area (Å²) in [5, 5.41) is 12.5. The molecule has 216 valence electrons. The van der Waals surface area contributed by atoms with Gasteiger partial charge >= 0.3 is 0 Å². The number of aromatic nitrogens is 4. The summed E-state index contributed by atoms with van der Waals surface area (Å²) >= 11 is 14.8. The monoisotopic (exact) mass is 618 g/mol. The lowest BCUT2D eigenvalue weighted by Gasteiger charge is -2.17. The number of rotatable bonds is 9. The van der Waals surface area contributed by atoms with E-state index in [0.717, 1.165) is 4.73 Å². The van der Waals surface area contributed by atoms with E-state index in [0.29, 0.717) is 51.5 Å². The lowest BCUT2D eigenvalue weighted by molar-refractivity contribution is -0.141. The minimum atomic E-state index is -0.660. The van der Waals surface area contributed by atoms with Crippen molar-refractivity contribution in [1.82, 2.24) is 19.7 Å². The Bertz CT molecular complexity index is 1560. The Morgan fingerprint density at radius 1 is 1.12 bits per heavy atom. The highest BCUT2D eigenvalue weighted by molar-refractivity contribution is 7.98. The highest BCUT2D eigenvalue weighted by Crippen LogP contribution is 2.45. The number of hydrogen-bond acceptors (Lipinski definition) is 10. The molecule has 0 spiro atoms. The van der Waals surface area contributed by atoms with Gasteiger partial charge in [0.2, 0.25) is 0 Å². The van der Waals surface area contributed by atoms with Crippen LogP contribution in [0.25, 0.3) is 34.0 Å². The van der Waals surface area contributed by atoms with Crippen molar-refractivity contribution in [2.75, 3.05) is 33.7 Å². The zero-order valence-electron chi connectivity index (χ0n) is 23.0. The number of halogens is 2. The number of benzene rings is 2. The van der Waals surface area contributed by atoms with Crippen LogP contribution in [-0.4, -0.2) is 70.5 Å². The highest BCUT2D eigenvalue weighted by Gasteiger charge is 2.33. The third kappa shape index (κ3) is 5.91. The first-order valence-corrected chi connectivity index (χ1v) is 14.5. The maximum Gasteiger partial charge on any atom is 0.187 e. The highest BCUT2D eigenvalue weighted by atomic mass is 35.5. The van der Waals surface area contributed by atoms with E-state index in [2.05, 4.69) is 9.97 Å². The van der Waals surface area contributed by atoms with E-state index in [1.165, 1.54) is 18.9 Å². The molecule has 2 aromatic heterocycles. The molecule has 1 fully saturated rings. The number of hydrogen-bond donors (Lipinski definition) is 1. The Labute approximate surface area is 251 Å². The molecule has 0 amide bonds. The van der Waals surface area contributed by atoms with Crippen molar-refractivity contribution in [1.29, 1.82) is 0 Å². The molecular weight excluding hydrogens is 591 g/mol. The predicted octanol–water partition coefficient (Wildman–Crippen LogP) is 6.49. The molecule has 5 rings (SSSR count). The normalized spacial score (nSPS) is 16.1. The van der Waals surface area contributed by atoms with Crippen molar-refractivity contribution in [3.63, 3.8) is 0 Å². The summed E-state index contributed by atoms with van der Waals surface area (Å²) in [6.07, 6.45) is 3.24. The molecule has 1 N–H and O–H groups in total. The van der Waals surface area contributed by atoms with E-state index in [4.69, 9.17) is 51.9 Å². The molecule has 1 aliphatic rings. The van der Waals surface area contributed by atoms with Crippen molar-refractivity contribution in [2.45, 2.75) is 30.9 Å². The Balaban J connectivity index is 1.61. The summed E-state index contributed by atoms with van der Waals surface area (Å²) in [7, 11) is 3.08. The van der Waals surface area contributed by atoms with E-state index < -0.39 is 5.79 Å². The van der Waals surface area contributed by atoms with Crippen LogP contribution in [0.4, 0.5) is 0 Å². The molecule has 0 bridgehead atoms. The number of ether oxygens (including phenoxy) is 5. The van der Waals surface area contributed by atoms with E-state index in [-0.39, 0.29) is 34.3 Å². The van der Waals surface area contributed by atoms with Crippen molar-refractivity contribution in [3.05, 3.63) is 52.6 Å². The summed E-state index contributed by atoms with van der Waals surface area (Å²) in [6.45, 7) is 4.35. The fourth-order valence-electron chi connectivity index (χ4n) is 4.52. The third-order valence-corrected chi connectivity index (χ3v) is 7.47. The Kier molecular flexibility index (Phi) is 8.53. The fourth-order valence-corrected chi connectivity index (χ4v) is 5.51. The molecule has 2 aromatic carbocycles. The topological polar surface area (TPSA) is 110 Å². The van der Waals surface area contributed by atoms with Crippen LogP contribution < -0.4 is 14.2 Å². The first kappa shape index (κ1) is 29.3. The van der Waals surface area contributed by atoms with E-state index >= 15 is 0 Å². The van der Waals surface area contributed by atoms with Gasteiger partial charge in [-0.2, -0.15) is 4.73 Å². The van der Waals surface area contributed by atoms with Gasteiger partial charge in [0, 0.05) is 11.8 Å². The zero-order chi connectivity index (χ0) is 29.3. The second-order valence-corrected chi connectivity index (χ2v) is 11.0. The molecule has 1 saturated heterocycles. The number of nitrogens with zero attached hydrogens (tertiary/aromatic N) is 4. The summed E-state index contributed by atoms with van der Waals surface area (Å²) in [5.74, 6) is 0.799. The van der Waals surface area contributed by atoms with Gasteiger partial charge in [0.15, 0.2) is 28.3 Å². The van der Waals surface area contributed by atoms with Crippen molar-refractivity contribution in [3.8, 4) is 51.3 Å². The Morgan fingerprint density at radius 3 is 2.51 bits per heavy atom. The lowest BCUT2D eigenvalue weighted by atomic mass is 10.1. The van der Waals surface area contributed by atoms with Crippen LogP contribution >= 0.6 is 35.0 Å². The van der Waals surface area contributed by atoms with Crippen LogP contribution in [0.2, 0.25) is 10.0 Å². The lowest BCUT2D eigenvalue weighted by Crippen LogP contribution is -2.25. The number of methoxy groups -OCH3 is 2. The first-order chi connectivity index (χ1) is 19.7. The summed E-state index contributed by atoms with van der Waals surface area (Å²) < 4.78 is 29.4. The van der Waals surface area contributed by atoms with Gasteiger partial charge in [-0.1, -0.05) is 41.0 Å². The minimum absolute atomic E-state index is 0.0972. The van der Waals surface area contributed by atoms with Crippen molar-refractivity contribution in [2.24, 2.45) is 0 Å². The Morgan fingerprint density at radius 2 is 1.88 bits per heavy atom. The van der Waals surface area contributed by atoms with Crippen molar-refractivity contribution < 1.29 is 28.9 Å². The van der Waals surface area contributed by atoms with Crippen LogP contribution in [0.5, 0.6) is 17.2 Å². The van der Waals surface area contributed by atoms with Crippen LogP contribution in [0, 0.1) is 0 Å². The molecule has 0 aliphatic carbocycles. The van der Waals surface area contributed by atoms with Crippen molar-refractivity contribution >= 4 is 35.0 Å². The van der Waals surface area contributed by atoms with Gasteiger partial charge in [0.25, 0.3) is 0 Å². The van der Waals surface area contributed by atoms with Gasteiger partial charge in [-0.15, -0.1) is 0 Å². The van der Waals surface area contributed by atoms with Gasteiger partial charge < -0.3 is 28.9 Å². The second kappa shape index (κ2) is 11.9. The molecule has 1 aliphatic heterocycles. The van der Waals surface area contributed by atoms with Gasteiger partial charge in [-0.3, -0.25) is 0 Å². The quantitative estimate of drug-likeness (QED) is 0.127. The molecule has 0 saturated carbocycles. The number of para-hydroxylation sites is 1. The molecule has 1 atom stereocenters. The third-order valence-electron chi connectivity index (χ3n) is 6.31. The average Bonchev–Trinajstić information content (AvgIpc) is 3.49. The number of imidazole rings is 1. The summed E-state index contributed by atoms with van der Waals surface area (Å²) in [4.78, 5) is 13.7. The average molecular weight is 620 g/mol. The van der Waals surface area contributed by atoms with Crippen LogP contribution in [0.3, 0.4) is 0 Å². The molecule has 0 radical (unpaired) electrons. The van der Waals surface area contributed by atoms with Gasteiger partial charge in [0.05, 0.1) is 42.1 Å². The molecule has 41 heavy (non-hydrogen) atoms. The van der Waals surface area contributed by atoms with E-state index in [1.54, 1.807) is 43.6 Å². The summed E-state index contributed by atoms with van der Waals surface area (Å²) in [6, 6.07) is 10.3. The van der Waals surface area contributed by atoms with Gasteiger partial charge in [0.1, 0.15) is 29.8 Å². The molecule has 13 heteroatoms. The number of thioether (sulfide) groups is 1. The van der Waals surface area contributed by atoms with Gasteiger partial charge in [-0.25, -0.2) is 15.0 Å². The van der Waals surface area contributed by atoms with Crippen LogP contribution in [0.15, 0.2) is 47.8 Å². The van der Waals surface area contributed by atoms with Crippen LogP contribution in [0.1, 0.15) is 13.8 Å². The van der Waals surface area contributed by atoms with E-state index in [1.807, 2.05) is 26.2 Å². The summed E-state index contributed by atoms with van der Waals surface area (Å²) in [5.41, 5.74) is 1.96. The zero-order valence-corrected chi connectivity index (χ0v) is 25.3. The second-order valence-electron chi connectivity index (χ2n) is 9.44. The fraction of sp³-hybridized carbons (Fsp3) is 0.321. The predicted molar refractivity (Wildman–Crippen MR) is 157 cm³/mol. The first-order valence-electron chi connectivity index (χ1n) is 12.5. The molecule has 4 aromatic rings. The molecule has 3 heterocycles. The van der Waals surface area contributed by atoms with E-state index in [9.17, 15) is 5.21 Å². The smallest absolute Gasteiger partial charge is 0.187 e. The van der Waals surface area contributed by atoms with Crippen LogP contribution in [-0.2, 0) is 9.47 Å². The maximum absolute atomic E-state index is 11.6. The molecule has 10 nitrogen and oxygen atoms in total. The largest absolute Gasteiger partial charge is 0.493 e. The van der Waals surface area contributed by atoms with Gasteiger partial charge in [-0.05, 0) is 50.4 Å². The maximum atomic E-state index is 11.6. The molecular formula is C28H28Cl2N4O6S. The molecule has 0 unspecified atom stereocenters. The minimum Gasteiger partial charge on any atom is -0.493 e. The standard InChI is InChI=1S/C28H28Cl2N4O6S/c1-28(2)39-14-16(40-28)13-38-15-11-18(29)22(19(30)12-15)26-33-23(17-7-6-8-21(36-3)25(17)37-4)24(34(26)35)20-9-10-31-27(32-20)41-5/h6-12,16,35H,13-14H2,1-5H3/t16-/m1/s1.